The number of non-ortho nitro benzene ring substituents is 1. The number of nitro groups is 1. The van der Waals surface area contributed by atoms with Crippen molar-refractivity contribution in [1.29, 1.82) is 0 Å². The van der Waals surface area contributed by atoms with Crippen molar-refractivity contribution in [3.63, 3.8) is 0 Å². The minimum Gasteiger partial charge on any atom is -0.391 e. The molecule has 2 rings (SSSR count). The Hall–Kier alpha value is -2.88. The van der Waals surface area contributed by atoms with Crippen LogP contribution in [0.25, 0.3) is 4.85 Å². The van der Waals surface area contributed by atoms with Crippen LogP contribution in [0.1, 0.15) is 11.3 Å². The van der Waals surface area contributed by atoms with Gasteiger partial charge in [0.05, 0.1) is 11.5 Å². The lowest BCUT2D eigenvalue weighted by atomic mass is 10.1. The molecule has 0 radical (unpaired) electrons. The standard InChI is InChI=1S/C11H9N5O2/c1-13-10-9(14-15-11(10)12)6-7-3-2-4-8(5-7)16(17)18/h2-5H,6H2,(H3,12,14,15). The molecule has 2 aromatic rings. The Morgan fingerprint density at radius 3 is 3.00 bits per heavy atom. The van der Waals surface area contributed by atoms with E-state index in [0.717, 1.165) is 5.56 Å². The van der Waals surface area contributed by atoms with Crippen molar-refractivity contribution in [2.24, 2.45) is 0 Å². The van der Waals surface area contributed by atoms with Crippen LogP contribution < -0.4 is 5.73 Å². The number of nitrogens with one attached hydrogen (secondary N) is 1. The molecule has 3 N–H and O–H groups in total. The van der Waals surface area contributed by atoms with Gasteiger partial charge < -0.3 is 5.73 Å². The van der Waals surface area contributed by atoms with Gasteiger partial charge in [-0.1, -0.05) is 12.1 Å². The van der Waals surface area contributed by atoms with Gasteiger partial charge in [0.15, 0.2) is 5.82 Å². The zero-order valence-corrected chi connectivity index (χ0v) is 9.25. The molecule has 0 saturated carbocycles. The van der Waals surface area contributed by atoms with E-state index >= 15 is 0 Å². The van der Waals surface area contributed by atoms with Crippen molar-refractivity contribution in [2.75, 3.05) is 5.73 Å². The molecule has 0 atom stereocenters. The minimum atomic E-state index is -0.458. The summed E-state index contributed by atoms with van der Waals surface area (Å²) in [6, 6.07) is 6.23. The third-order valence-electron chi connectivity index (χ3n) is 2.45. The molecular weight excluding hydrogens is 234 g/mol. The molecule has 0 aliphatic heterocycles. The summed E-state index contributed by atoms with van der Waals surface area (Å²) in [7, 11) is 0. The summed E-state index contributed by atoms with van der Waals surface area (Å²) in [5.74, 6) is 0.144. The molecule has 0 aliphatic carbocycles. The first-order valence-corrected chi connectivity index (χ1v) is 5.05. The lowest BCUT2D eigenvalue weighted by Gasteiger charge is -1.99. The van der Waals surface area contributed by atoms with Gasteiger partial charge in [0.25, 0.3) is 5.69 Å². The maximum Gasteiger partial charge on any atom is 0.269 e. The van der Waals surface area contributed by atoms with Crippen LogP contribution in [0.3, 0.4) is 0 Å². The van der Waals surface area contributed by atoms with Crippen molar-refractivity contribution in [2.45, 2.75) is 6.42 Å². The molecule has 18 heavy (non-hydrogen) atoms. The second-order valence-electron chi connectivity index (χ2n) is 3.65. The largest absolute Gasteiger partial charge is 0.391 e. The van der Waals surface area contributed by atoms with E-state index in [1.807, 2.05) is 0 Å². The van der Waals surface area contributed by atoms with E-state index < -0.39 is 4.92 Å². The Morgan fingerprint density at radius 2 is 2.33 bits per heavy atom. The predicted octanol–water partition coefficient (Wildman–Crippen LogP) is 2.04. The Kier molecular flexibility index (Phi) is 2.93. The van der Waals surface area contributed by atoms with E-state index in [0.29, 0.717) is 12.1 Å². The molecular formula is C11H9N5O2. The fraction of sp³-hybridized carbons (Fsp3) is 0.0909. The number of nitrogens with two attached hydrogens (primary N) is 1. The molecule has 1 aromatic carbocycles. The van der Waals surface area contributed by atoms with Gasteiger partial charge in [-0.15, -0.1) is 0 Å². The average Bonchev–Trinajstić information content (AvgIpc) is 2.70. The van der Waals surface area contributed by atoms with Crippen LogP contribution in [-0.4, -0.2) is 15.1 Å². The number of hydrogen-bond acceptors (Lipinski definition) is 4. The number of H-pyrrole nitrogens is 1. The maximum atomic E-state index is 10.6. The van der Waals surface area contributed by atoms with Crippen LogP contribution >= 0.6 is 0 Å². The summed E-state index contributed by atoms with van der Waals surface area (Å²) in [6.45, 7) is 7.00. The number of nitrogens with zero attached hydrogens (tertiary/aromatic N) is 3. The van der Waals surface area contributed by atoms with Crippen molar-refractivity contribution >= 4 is 17.2 Å². The molecule has 1 heterocycles. The van der Waals surface area contributed by atoms with Gasteiger partial charge >= 0.3 is 0 Å². The van der Waals surface area contributed by atoms with Gasteiger partial charge in [-0.05, 0) is 5.56 Å². The summed E-state index contributed by atoms with van der Waals surface area (Å²) in [5.41, 5.74) is 7.08. The molecule has 90 valence electrons. The number of benzene rings is 1. The smallest absolute Gasteiger partial charge is 0.269 e. The molecule has 0 saturated heterocycles. The number of aromatic amines is 1. The first-order chi connectivity index (χ1) is 8.61. The van der Waals surface area contributed by atoms with Gasteiger partial charge in [0.1, 0.15) is 0 Å². The first-order valence-electron chi connectivity index (χ1n) is 5.05. The molecule has 0 fully saturated rings. The van der Waals surface area contributed by atoms with E-state index in [-0.39, 0.29) is 17.2 Å². The van der Waals surface area contributed by atoms with Gasteiger partial charge in [0, 0.05) is 24.2 Å². The van der Waals surface area contributed by atoms with E-state index in [4.69, 9.17) is 12.3 Å². The van der Waals surface area contributed by atoms with E-state index in [1.54, 1.807) is 12.1 Å². The monoisotopic (exact) mass is 243 g/mol. The van der Waals surface area contributed by atoms with Crippen LogP contribution in [-0.2, 0) is 6.42 Å². The number of aromatic nitrogens is 2. The summed E-state index contributed by atoms with van der Waals surface area (Å²) in [4.78, 5) is 13.5. The lowest BCUT2D eigenvalue weighted by molar-refractivity contribution is -0.384. The quantitative estimate of drug-likeness (QED) is 0.489. The molecule has 0 aliphatic rings. The second kappa shape index (κ2) is 4.55. The predicted molar refractivity (Wildman–Crippen MR) is 65.2 cm³/mol. The maximum absolute atomic E-state index is 10.6. The van der Waals surface area contributed by atoms with Crippen LogP contribution in [0.2, 0.25) is 0 Å². The molecule has 0 spiro atoms. The number of nitrogen functional groups attached to an aromatic ring is 1. The number of rotatable bonds is 3. The first kappa shape index (κ1) is 11.6. The Morgan fingerprint density at radius 1 is 1.56 bits per heavy atom. The molecule has 0 amide bonds. The number of nitro benzene ring substituents is 1. The molecule has 1 aromatic heterocycles. The topological polar surface area (TPSA) is 102 Å². The highest BCUT2D eigenvalue weighted by Crippen LogP contribution is 2.26. The molecule has 7 nitrogen and oxygen atoms in total. The van der Waals surface area contributed by atoms with Gasteiger partial charge in [0.2, 0.25) is 5.69 Å². The van der Waals surface area contributed by atoms with Crippen molar-refractivity contribution in [1.82, 2.24) is 10.2 Å². The summed E-state index contributed by atoms with van der Waals surface area (Å²) < 4.78 is 0. The normalized spacial score (nSPS) is 9.94. The SMILES string of the molecule is [C-]#[N+]c1c(N)n[nH]c1Cc1cccc([N+](=O)[O-])c1. The van der Waals surface area contributed by atoms with Crippen LogP contribution in [0, 0.1) is 16.7 Å². The van der Waals surface area contributed by atoms with E-state index in [9.17, 15) is 10.1 Å². The second-order valence-corrected chi connectivity index (χ2v) is 3.65. The Balaban J connectivity index is 2.32. The summed E-state index contributed by atoms with van der Waals surface area (Å²) in [5, 5.41) is 17.1. The third kappa shape index (κ3) is 2.12. The van der Waals surface area contributed by atoms with Crippen molar-refractivity contribution < 1.29 is 4.92 Å². The Labute approximate surface area is 102 Å². The molecule has 0 bridgehead atoms. The summed E-state index contributed by atoms with van der Waals surface area (Å²) in [6.07, 6.45) is 0.351. The van der Waals surface area contributed by atoms with Crippen LogP contribution in [0.5, 0.6) is 0 Å². The van der Waals surface area contributed by atoms with Crippen LogP contribution in [0.4, 0.5) is 17.2 Å². The zero-order chi connectivity index (χ0) is 13.1. The van der Waals surface area contributed by atoms with Crippen molar-refractivity contribution in [3.8, 4) is 0 Å². The average molecular weight is 243 g/mol. The number of hydrogen-bond donors (Lipinski definition) is 2. The van der Waals surface area contributed by atoms with Gasteiger partial charge in [-0.2, -0.15) is 5.10 Å². The minimum absolute atomic E-state index is 0.0179. The van der Waals surface area contributed by atoms with E-state index in [2.05, 4.69) is 15.0 Å². The lowest BCUT2D eigenvalue weighted by Crippen LogP contribution is -1.92. The molecule has 0 unspecified atom stereocenters. The Bertz CT molecular complexity index is 641. The highest BCUT2D eigenvalue weighted by molar-refractivity contribution is 5.66. The van der Waals surface area contributed by atoms with Gasteiger partial charge in [-0.25, -0.2) is 4.85 Å². The van der Waals surface area contributed by atoms with Crippen LogP contribution in [0.15, 0.2) is 24.3 Å². The number of anilines is 1. The molecule has 7 heteroatoms. The van der Waals surface area contributed by atoms with Gasteiger partial charge in [-0.3, -0.25) is 15.2 Å². The third-order valence-corrected chi connectivity index (χ3v) is 2.45. The fourth-order valence-corrected chi connectivity index (χ4v) is 1.62. The highest BCUT2D eigenvalue weighted by Gasteiger charge is 2.12. The van der Waals surface area contributed by atoms with E-state index in [1.165, 1.54) is 12.1 Å². The zero-order valence-electron chi connectivity index (χ0n) is 9.25. The van der Waals surface area contributed by atoms with Crippen molar-refractivity contribution in [3.05, 3.63) is 57.1 Å². The fourth-order valence-electron chi connectivity index (χ4n) is 1.62. The highest BCUT2D eigenvalue weighted by atomic mass is 16.6. The summed E-state index contributed by atoms with van der Waals surface area (Å²) >= 11 is 0.